The number of aromatic nitrogens is 1. The van der Waals surface area contributed by atoms with E-state index < -0.39 is 0 Å². The monoisotopic (exact) mass is 510 g/mol. The molecule has 1 aliphatic carbocycles. The van der Waals surface area contributed by atoms with Gasteiger partial charge in [-0.25, -0.2) is 9.78 Å². The van der Waals surface area contributed by atoms with Crippen molar-refractivity contribution in [1.29, 1.82) is 0 Å². The van der Waals surface area contributed by atoms with Gasteiger partial charge < -0.3 is 29.7 Å². The maximum absolute atomic E-state index is 13.7. The number of carbonyl (C=O) groups excluding carboxylic acids is 2. The number of urea groups is 1. The molecule has 3 amide bonds. The SMILES string of the molecule is COc1ccc(-c2cnc3c(c2)C(=O)N([C@H](C)CO)C[C@H](C)[C@@H](CN(C)C(=O)NC2CCCC2)O3)cc1. The number of hydrogen-bond acceptors (Lipinski definition) is 6. The third kappa shape index (κ3) is 6.15. The molecular weight excluding hydrogens is 472 g/mol. The lowest BCUT2D eigenvalue weighted by Gasteiger charge is -2.37. The van der Waals surface area contributed by atoms with Crippen LogP contribution in [0.4, 0.5) is 4.79 Å². The second kappa shape index (κ2) is 11.8. The quantitative estimate of drug-likeness (QED) is 0.590. The lowest BCUT2D eigenvalue weighted by Crippen LogP contribution is -2.52. The molecule has 3 atom stereocenters. The van der Waals surface area contributed by atoms with E-state index in [1.807, 2.05) is 38.1 Å². The van der Waals surface area contributed by atoms with E-state index in [2.05, 4.69) is 10.3 Å². The Morgan fingerprint density at radius 1 is 1.27 bits per heavy atom. The molecule has 200 valence electrons. The Kier molecular flexibility index (Phi) is 8.53. The van der Waals surface area contributed by atoms with Gasteiger partial charge in [-0.1, -0.05) is 31.9 Å². The molecule has 0 spiro atoms. The highest BCUT2D eigenvalue weighted by molar-refractivity contribution is 5.98. The molecule has 1 aromatic heterocycles. The molecule has 0 bridgehead atoms. The number of pyridine rings is 1. The number of methoxy groups -OCH3 is 1. The summed E-state index contributed by atoms with van der Waals surface area (Å²) < 4.78 is 11.6. The predicted molar refractivity (Wildman–Crippen MR) is 141 cm³/mol. The van der Waals surface area contributed by atoms with Crippen LogP contribution in [-0.4, -0.2) is 83.9 Å². The number of fused-ring (bicyclic) bond motifs is 1. The van der Waals surface area contributed by atoms with Crippen LogP contribution in [0.15, 0.2) is 36.5 Å². The molecule has 37 heavy (non-hydrogen) atoms. The van der Waals surface area contributed by atoms with Gasteiger partial charge in [0.05, 0.1) is 26.3 Å². The Labute approximate surface area is 218 Å². The standard InChI is InChI=1S/C28H38N4O5/c1-18-15-32(19(2)17-33)27(34)24-13-21(20-9-11-23(36-4)12-10-20)14-29-26(24)37-25(18)16-31(3)28(35)30-22-7-5-6-8-22/h9-14,18-19,22,25,33H,5-8,15-17H2,1-4H3,(H,30,35)/t18-,19+,25+/m0/s1. The van der Waals surface area contributed by atoms with Crippen LogP contribution in [0.5, 0.6) is 11.6 Å². The Morgan fingerprint density at radius 2 is 1.97 bits per heavy atom. The van der Waals surface area contributed by atoms with Crippen molar-refractivity contribution in [3.8, 4) is 22.8 Å². The van der Waals surface area contributed by atoms with Crippen molar-refractivity contribution in [2.75, 3.05) is 33.9 Å². The number of nitrogens with one attached hydrogen (secondary N) is 1. The van der Waals surface area contributed by atoms with Crippen molar-refractivity contribution in [3.63, 3.8) is 0 Å². The second-order valence-electron chi connectivity index (χ2n) is 10.2. The van der Waals surface area contributed by atoms with Crippen molar-refractivity contribution in [2.45, 2.75) is 57.7 Å². The van der Waals surface area contributed by atoms with Gasteiger partial charge >= 0.3 is 6.03 Å². The number of amides is 3. The van der Waals surface area contributed by atoms with Crippen LogP contribution < -0.4 is 14.8 Å². The summed E-state index contributed by atoms with van der Waals surface area (Å²) in [5.41, 5.74) is 2.00. The Hall–Kier alpha value is -3.33. The van der Waals surface area contributed by atoms with Crippen molar-refractivity contribution in [1.82, 2.24) is 20.1 Å². The first-order valence-electron chi connectivity index (χ1n) is 13.0. The molecule has 2 aliphatic rings. The average molecular weight is 511 g/mol. The number of benzene rings is 1. The minimum absolute atomic E-state index is 0.101. The largest absolute Gasteiger partial charge is 0.497 e. The Balaban J connectivity index is 1.62. The number of aliphatic hydroxyl groups excluding tert-OH is 1. The van der Waals surface area contributed by atoms with E-state index in [9.17, 15) is 14.7 Å². The molecule has 9 heteroatoms. The summed E-state index contributed by atoms with van der Waals surface area (Å²) >= 11 is 0. The molecule has 2 heterocycles. The van der Waals surface area contributed by atoms with Crippen molar-refractivity contribution in [3.05, 3.63) is 42.1 Å². The fourth-order valence-corrected chi connectivity index (χ4v) is 4.97. The number of rotatable bonds is 7. The van der Waals surface area contributed by atoms with E-state index in [1.165, 1.54) is 0 Å². The Bertz CT molecular complexity index is 1090. The summed E-state index contributed by atoms with van der Waals surface area (Å²) in [5.74, 6) is 0.634. The number of aliphatic hydroxyl groups is 1. The number of hydrogen-bond donors (Lipinski definition) is 2. The molecule has 0 unspecified atom stereocenters. The second-order valence-corrected chi connectivity index (χ2v) is 10.2. The number of carbonyl (C=O) groups is 2. The normalized spacial score (nSPS) is 20.9. The highest BCUT2D eigenvalue weighted by Gasteiger charge is 2.35. The van der Waals surface area contributed by atoms with Crippen LogP contribution in [0.2, 0.25) is 0 Å². The van der Waals surface area contributed by atoms with Gasteiger partial charge in [0.2, 0.25) is 5.88 Å². The van der Waals surface area contributed by atoms with Gasteiger partial charge in [0.1, 0.15) is 17.4 Å². The van der Waals surface area contributed by atoms with E-state index in [0.29, 0.717) is 18.7 Å². The first kappa shape index (κ1) is 26.7. The summed E-state index contributed by atoms with van der Waals surface area (Å²) in [4.78, 5) is 34.4. The maximum atomic E-state index is 13.7. The zero-order valence-corrected chi connectivity index (χ0v) is 22.1. The van der Waals surface area contributed by atoms with Gasteiger partial charge in [-0.05, 0) is 43.5 Å². The van der Waals surface area contributed by atoms with E-state index in [1.54, 1.807) is 36.2 Å². The molecule has 4 rings (SSSR count). The molecular formula is C28H38N4O5. The minimum Gasteiger partial charge on any atom is -0.497 e. The molecule has 0 saturated heterocycles. The van der Waals surface area contributed by atoms with Crippen LogP contribution in [0, 0.1) is 5.92 Å². The van der Waals surface area contributed by atoms with Gasteiger partial charge in [0.25, 0.3) is 5.91 Å². The lowest BCUT2D eigenvalue weighted by atomic mass is 9.99. The molecule has 2 aromatic rings. The smallest absolute Gasteiger partial charge is 0.317 e. The fraction of sp³-hybridized carbons (Fsp3) is 0.536. The fourth-order valence-electron chi connectivity index (χ4n) is 4.97. The highest BCUT2D eigenvalue weighted by atomic mass is 16.5. The topological polar surface area (TPSA) is 104 Å². The zero-order chi connectivity index (χ0) is 26.5. The van der Waals surface area contributed by atoms with Crippen LogP contribution in [-0.2, 0) is 0 Å². The summed E-state index contributed by atoms with van der Waals surface area (Å²) in [7, 11) is 3.38. The third-order valence-electron chi connectivity index (χ3n) is 7.43. The molecule has 1 saturated carbocycles. The van der Waals surface area contributed by atoms with Crippen LogP contribution in [0.3, 0.4) is 0 Å². The summed E-state index contributed by atoms with van der Waals surface area (Å²) in [5, 5.41) is 13.0. The third-order valence-corrected chi connectivity index (χ3v) is 7.43. The van der Waals surface area contributed by atoms with Gasteiger partial charge in [-0.2, -0.15) is 0 Å². The minimum atomic E-state index is -0.390. The Morgan fingerprint density at radius 3 is 2.62 bits per heavy atom. The van der Waals surface area contributed by atoms with Crippen LogP contribution in [0.25, 0.3) is 11.1 Å². The van der Waals surface area contributed by atoms with E-state index in [4.69, 9.17) is 9.47 Å². The van der Waals surface area contributed by atoms with E-state index >= 15 is 0 Å². The van der Waals surface area contributed by atoms with Crippen molar-refractivity contribution < 1.29 is 24.2 Å². The number of ether oxygens (including phenoxy) is 2. The molecule has 0 radical (unpaired) electrons. The summed E-state index contributed by atoms with van der Waals surface area (Å²) in [6.45, 7) is 4.39. The molecule has 9 nitrogen and oxygen atoms in total. The number of nitrogens with zero attached hydrogens (tertiary/aromatic N) is 3. The van der Waals surface area contributed by atoms with Crippen molar-refractivity contribution >= 4 is 11.9 Å². The summed E-state index contributed by atoms with van der Waals surface area (Å²) in [6, 6.07) is 9.04. The molecule has 1 aliphatic heterocycles. The predicted octanol–water partition coefficient (Wildman–Crippen LogP) is 3.56. The van der Waals surface area contributed by atoms with Gasteiger partial charge in [-0.3, -0.25) is 4.79 Å². The van der Waals surface area contributed by atoms with Gasteiger partial charge in [0.15, 0.2) is 0 Å². The lowest BCUT2D eigenvalue weighted by molar-refractivity contribution is 0.0351. The number of likely N-dealkylation sites (N-methyl/N-ethyl adjacent to an activating group) is 1. The van der Waals surface area contributed by atoms with E-state index in [-0.39, 0.29) is 48.5 Å². The summed E-state index contributed by atoms with van der Waals surface area (Å²) in [6.07, 6.45) is 5.61. The highest BCUT2D eigenvalue weighted by Crippen LogP contribution is 2.31. The first-order chi connectivity index (χ1) is 17.8. The molecule has 2 N–H and O–H groups in total. The first-order valence-corrected chi connectivity index (χ1v) is 13.0. The van der Waals surface area contributed by atoms with Gasteiger partial charge in [-0.15, -0.1) is 0 Å². The molecule has 1 aromatic carbocycles. The molecule has 1 fully saturated rings. The zero-order valence-electron chi connectivity index (χ0n) is 22.1. The average Bonchev–Trinajstić information content (AvgIpc) is 3.43. The van der Waals surface area contributed by atoms with Crippen LogP contribution in [0.1, 0.15) is 49.9 Å². The van der Waals surface area contributed by atoms with Crippen LogP contribution >= 0.6 is 0 Å². The van der Waals surface area contributed by atoms with Crippen molar-refractivity contribution in [2.24, 2.45) is 5.92 Å². The maximum Gasteiger partial charge on any atom is 0.317 e. The van der Waals surface area contributed by atoms with Gasteiger partial charge in [0, 0.05) is 37.3 Å². The van der Waals surface area contributed by atoms with E-state index in [0.717, 1.165) is 42.6 Å².